The molecule has 7 nitrogen and oxygen atoms in total. The predicted molar refractivity (Wildman–Crippen MR) is 211 cm³/mol. The topological polar surface area (TPSA) is 74.3 Å². The maximum atomic E-state index is 14.4. The number of hydrogen-bond acceptors (Lipinski definition) is 6. The highest BCUT2D eigenvalue weighted by molar-refractivity contribution is 5.85. The molecule has 0 N–H and O–H groups in total. The molecule has 0 saturated carbocycles. The number of ether oxygens (including phenoxy) is 4. The minimum Gasteiger partial charge on any atom is -0.497 e. The van der Waals surface area contributed by atoms with Crippen molar-refractivity contribution in [2.75, 3.05) is 34.0 Å². The lowest BCUT2D eigenvalue weighted by molar-refractivity contribution is -0.151. The lowest BCUT2D eigenvalue weighted by Crippen LogP contribution is -2.45. The normalized spacial score (nSPS) is 15.8. The van der Waals surface area contributed by atoms with E-state index in [2.05, 4.69) is 36.4 Å². The SMILES string of the molecule is COc1ccc(C(OC[C@@H]2CCCN2C(=O)[C@@H](CC(=O)OCC2c3ccccc3-c3ccccc32)C(C)C)(c2ccccc2)c2ccc(OC)cc2)cc1. The Labute approximate surface area is 318 Å². The maximum Gasteiger partial charge on any atom is 0.306 e. The van der Waals surface area contributed by atoms with Gasteiger partial charge < -0.3 is 23.8 Å². The number of fused-ring (bicyclic) bond motifs is 3. The monoisotopic (exact) mass is 723 g/mol. The zero-order valence-electron chi connectivity index (χ0n) is 31.6. The van der Waals surface area contributed by atoms with E-state index in [4.69, 9.17) is 18.9 Å². The Morgan fingerprint density at radius 1 is 0.685 bits per heavy atom. The van der Waals surface area contributed by atoms with Gasteiger partial charge in [0.1, 0.15) is 23.7 Å². The molecule has 1 saturated heterocycles. The molecule has 1 aliphatic heterocycles. The van der Waals surface area contributed by atoms with Crippen molar-refractivity contribution in [1.82, 2.24) is 4.90 Å². The summed E-state index contributed by atoms with van der Waals surface area (Å²) in [6.07, 6.45) is 1.69. The predicted octanol–water partition coefficient (Wildman–Crippen LogP) is 9.02. The number of rotatable bonds is 14. The Bertz CT molecular complexity index is 1950. The molecule has 1 aliphatic carbocycles. The lowest BCUT2D eigenvalue weighted by atomic mass is 9.80. The fourth-order valence-corrected chi connectivity index (χ4v) is 8.27. The van der Waals surface area contributed by atoms with Gasteiger partial charge in [0.2, 0.25) is 5.91 Å². The van der Waals surface area contributed by atoms with Crippen LogP contribution in [0.4, 0.5) is 0 Å². The Hall–Kier alpha value is -5.40. The van der Waals surface area contributed by atoms with Crippen LogP contribution in [0.1, 0.15) is 66.8 Å². The smallest absolute Gasteiger partial charge is 0.306 e. The van der Waals surface area contributed by atoms with Crippen molar-refractivity contribution < 1.29 is 28.5 Å². The Morgan fingerprint density at radius 3 is 1.74 bits per heavy atom. The molecule has 5 aromatic rings. The highest BCUT2D eigenvalue weighted by Gasteiger charge is 2.42. The van der Waals surface area contributed by atoms with Gasteiger partial charge in [-0.2, -0.15) is 0 Å². The second-order valence-corrected chi connectivity index (χ2v) is 14.6. The van der Waals surface area contributed by atoms with Gasteiger partial charge in [-0.05, 0) is 82.0 Å². The minimum absolute atomic E-state index is 0.0242. The summed E-state index contributed by atoms with van der Waals surface area (Å²) in [6.45, 7) is 5.17. The number of esters is 1. The molecule has 0 unspecified atom stereocenters. The minimum atomic E-state index is -0.990. The first-order chi connectivity index (χ1) is 26.3. The van der Waals surface area contributed by atoms with Crippen LogP contribution in [-0.2, 0) is 24.7 Å². The molecule has 7 rings (SSSR count). The third-order valence-electron chi connectivity index (χ3n) is 11.2. The van der Waals surface area contributed by atoms with E-state index in [1.807, 2.05) is 110 Å². The van der Waals surface area contributed by atoms with Crippen molar-refractivity contribution in [3.05, 3.63) is 155 Å². The molecule has 7 heteroatoms. The van der Waals surface area contributed by atoms with Crippen molar-refractivity contribution in [3.8, 4) is 22.6 Å². The Morgan fingerprint density at radius 2 is 1.20 bits per heavy atom. The largest absolute Gasteiger partial charge is 0.497 e. The highest BCUT2D eigenvalue weighted by Crippen LogP contribution is 2.45. The van der Waals surface area contributed by atoms with Crippen LogP contribution in [0, 0.1) is 11.8 Å². The quantitative estimate of drug-likeness (QED) is 0.0842. The number of likely N-dealkylation sites (tertiary alicyclic amines) is 1. The Balaban J connectivity index is 1.10. The van der Waals surface area contributed by atoms with Gasteiger partial charge in [-0.25, -0.2) is 0 Å². The molecule has 0 radical (unpaired) electrons. The van der Waals surface area contributed by atoms with Gasteiger partial charge in [-0.15, -0.1) is 0 Å². The molecular formula is C47H49NO6. The molecule has 0 aromatic heterocycles. The fourth-order valence-electron chi connectivity index (χ4n) is 8.27. The third-order valence-corrected chi connectivity index (χ3v) is 11.2. The van der Waals surface area contributed by atoms with Crippen LogP contribution < -0.4 is 9.47 Å². The van der Waals surface area contributed by atoms with E-state index < -0.39 is 11.5 Å². The van der Waals surface area contributed by atoms with Crippen LogP contribution in [0.2, 0.25) is 0 Å². The molecule has 2 aliphatic rings. The summed E-state index contributed by atoms with van der Waals surface area (Å²) in [5.41, 5.74) is 6.54. The number of carbonyl (C=O) groups excluding carboxylic acids is 2. The number of hydrogen-bond donors (Lipinski definition) is 0. The van der Waals surface area contributed by atoms with Crippen LogP contribution in [0.5, 0.6) is 11.5 Å². The summed E-state index contributed by atoms with van der Waals surface area (Å²) >= 11 is 0. The molecule has 0 bridgehead atoms. The van der Waals surface area contributed by atoms with E-state index in [1.165, 1.54) is 22.3 Å². The van der Waals surface area contributed by atoms with E-state index >= 15 is 0 Å². The second-order valence-electron chi connectivity index (χ2n) is 14.6. The van der Waals surface area contributed by atoms with Gasteiger partial charge in [0.25, 0.3) is 0 Å². The van der Waals surface area contributed by atoms with Crippen LogP contribution >= 0.6 is 0 Å². The number of benzene rings is 5. The summed E-state index contributed by atoms with van der Waals surface area (Å²) < 4.78 is 24.2. The number of amides is 1. The third kappa shape index (κ3) is 7.25. The molecule has 2 atom stereocenters. The molecule has 1 heterocycles. The number of methoxy groups -OCH3 is 2. The second kappa shape index (κ2) is 16.3. The summed E-state index contributed by atoms with van der Waals surface area (Å²) in [6, 6.07) is 42.6. The van der Waals surface area contributed by atoms with Crippen molar-refractivity contribution in [1.29, 1.82) is 0 Å². The van der Waals surface area contributed by atoms with Gasteiger partial charge in [-0.1, -0.05) is 117 Å². The summed E-state index contributed by atoms with van der Waals surface area (Å²) in [7, 11) is 3.31. The van der Waals surface area contributed by atoms with Crippen LogP contribution in [0.3, 0.4) is 0 Å². The molecule has 278 valence electrons. The summed E-state index contributed by atoms with van der Waals surface area (Å²) in [5.74, 6) is 0.529. The van der Waals surface area contributed by atoms with Gasteiger partial charge in [-0.3, -0.25) is 9.59 Å². The number of nitrogens with zero attached hydrogens (tertiary/aromatic N) is 1. The molecular weight excluding hydrogens is 675 g/mol. The molecule has 1 fully saturated rings. The van der Waals surface area contributed by atoms with Gasteiger partial charge in [0.15, 0.2) is 0 Å². The highest BCUT2D eigenvalue weighted by atomic mass is 16.5. The van der Waals surface area contributed by atoms with Crippen molar-refractivity contribution in [3.63, 3.8) is 0 Å². The first kappa shape index (κ1) is 36.9. The lowest BCUT2D eigenvalue weighted by Gasteiger charge is -2.38. The first-order valence-corrected chi connectivity index (χ1v) is 19.0. The van der Waals surface area contributed by atoms with E-state index in [-0.39, 0.29) is 42.8 Å². The fraction of sp³-hybridized carbons (Fsp3) is 0.319. The van der Waals surface area contributed by atoms with E-state index in [0.29, 0.717) is 13.2 Å². The van der Waals surface area contributed by atoms with Gasteiger partial charge in [0.05, 0.1) is 39.2 Å². The van der Waals surface area contributed by atoms with Crippen molar-refractivity contribution >= 4 is 11.9 Å². The van der Waals surface area contributed by atoms with Crippen LogP contribution in [0.15, 0.2) is 127 Å². The van der Waals surface area contributed by atoms with Crippen molar-refractivity contribution in [2.45, 2.75) is 50.7 Å². The van der Waals surface area contributed by atoms with Crippen LogP contribution in [-0.4, -0.2) is 56.8 Å². The van der Waals surface area contributed by atoms with E-state index in [0.717, 1.165) is 41.0 Å². The van der Waals surface area contributed by atoms with Gasteiger partial charge >= 0.3 is 5.97 Å². The van der Waals surface area contributed by atoms with Crippen molar-refractivity contribution in [2.24, 2.45) is 11.8 Å². The standard InChI is InChI=1S/C47H49NO6/c1-32(2)43(29-45(49)53-31-44-41-18-10-8-16-39(41)40-17-9-11-19-42(40)44)46(50)48-28-12-15-36(48)30-54-47(33-13-6-5-7-14-33,34-20-24-37(51-3)25-21-34)35-22-26-38(52-4)27-23-35/h5-11,13-14,16-27,32,36,43-44H,12,15,28-31H2,1-4H3/t36-,43-/m0/s1. The zero-order chi connectivity index (χ0) is 37.7. The maximum absolute atomic E-state index is 14.4. The van der Waals surface area contributed by atoms with Crippen LogP contribution in [0.25, 0.3) is 11.1 Å². The molecule has 0 spiro atoms. The molecule has 1 amide bonds. The first-order valence-electron chi connectivity index (χ1n) is 19.0. The van der Waals surface area contributed by atoms with E-state index in [9.17, 15) is 9.59 Å². The van der Waals surface area contributed by atoms with E-state index in [1.54, 1.807) is 14.2 Å². The van der Waals surface area contributed by atoms with Gasteiger partial charge in [0, 0.05) is 12.5 Å². The zero-order valence-corrected chi connectivity index (χ0v) is 31.6. The summed E-state index contributed by atoms with van der Waals surface area (Å²) in [4.78, 5) is 29.9. The average molecular weight is 724 g/mol. The summed E-state index contributed by atoms with van der Waals surface area (Å²) in [5, 5.41) is 0. The number of carbonyl (C=O) groups is 2. The Kier molecular flexibility index (Phi) is 11.2. The molecule has 5 aromatic carbocycles. The molecule has 54 heavy (non-hydrogen) atoms. The average Bonchev–Trinajstić information content (AvgIpc) is 3.82.